The molecule has 1 aromatic heterocycles. The Kier molecular flexibility index (Phi) is 6.15. The van der Waals surface area contributed by atoms with Crippen molar-refractivity contribution in [2.75, 3.05) is 18.4 Å². The predicted molar refractivity (Wildman–Crippen MR) is 105 cm³/mol. The first kappa shape index (κ1) is 21.0. The van der Waals surface area contributed by atoms with Crippen molar-refractivity contribution in [1.29, 1.82) is 5.26 Å². The Hall–Kier alpha value is -3.68. The molecule has 1 aliphatic heterocycles. The number of aromatic nitrogens is 4. The van der Waals surface area contributed by atoms with E-state index in [1.54, 1.807) is 26.8 Å². The van der Waals surface area contributed by atoms with E-state index in [4.69, 9.17) is 9.47 Å². The lowest BCUT2D eigenvalue weighted by Crippen LogP contribution is -2.36. The second kappa shape index (κ2) is 8.77. The number of allylic oxidation sites excluding steroid dienone is 1. The van der Waals surface area contributed by atoms with Gasteiger partial charge in [-0.3, -0.25) is 0 Å². The summed E-state index contributed by atoms with van der Waals surface area (Å²) in [5.41, 5.74) is -0.166. The average molecular weight is 415 g/mol. The Balaban J connectivity index is 1.70. The van der Waals surface area contributed by atoms with Crippen LogP contribution in [0.5, 0.6) is 5.75 Å². The van der Waals surface area contributed by atoms with E-state index in [1.165, 1.54) is 23.2 Å². The summed E-state index contributed by atoms with van der Waals surface area (Å²) in [6, 6.07) is 6.34. The number of amides is 1. The summed E-state index contributed by atoms with van der Waals surface area (Å²) in [7, 11) is 0. The van der Waals surface area contributed by atoms with Gasteiger partial charge in [0.25, 0.3) is 0 Å². The van der Waals surface area contributed by atoms with Crippen LogP contribution in [0.3, 0.4) is 0 Å². The number of carbonyl (C=O) groups is 1. The third-order valence-corrected chi connectivity index (χ3v) is 4.13. The van der Waals surface area contributed by atoms with E-state index < -0.39 is 23.6 Å². The monoisotopic (exact) mass is 415 g/mol. The van der Waals surface area contributed by atoms with Crippen LogP contribution in [0, 0.1) is 17.1 Å². The highest BCUT2D eigenvalue weighted by atomic mass is 19.1. The molecule has 2 aromatic rings. The normalized spacial score (nSPS) is 16.8. The first-order chi connectivity index (χ1) is 14.3. The molecule has 0 radical (unpaired) electrons. The van der Waals surface area contributed by atoms with E-state index in [-0.39, 0.29) is 23.7 Å². The Bertz CT molecular complexity index is 963. The number of likely N-dealkylation sites (tertiary alicyclic amines) is 1. The standard InChI is InChI=1S/C19H22FN7O3/c1-19(2,3)30-18(28)27-8-7-13(11-27)29-16-14(20)5-4-6-15(16)22-10-12(9-21)17-23-25-26-24-17/h4-6,10,13,22H,7-8,11H2,1-3H3,(H,23,24,25,26). The molecule has 30 heavy (non-hydrogen) atoms. The lowest BCUT2D eigenvalue weighted by molar-refractivity contribution is 0.0275. The quantitative estimate of drug-likeness (QED) is 0.713. The number of anilines is 1. The fourth-order valence-electron chi connectivity index (χ4n) is 2.80. The van der Waals surface area contributed by atoms with Crippen molar-refractivity contribution in [1.82, 2.24) is 25.5 Å². The molecule has 2 heterocycles. The number of nitrogens with zero attached hydrogens (tertiary/aromatic N) is 5. The minimum atomic E-state index is -0.595. The number of ether oxygens (including phenoxy) is 2. The first-order valence-electron chi connectivity index (χ1n) is 9.30. The van der Waals surface area contributed by atoms with Crippen LogP contribution >= 0.6 is 0 Å². The number of para-hydroxylation sites is 1. The zero-order chi connectivity index (χ0) is 21.7. The van der Waals surface area contributed by atoms with Gasteiger partial charge in [0.05, 0.1) is 12.2 Å². The van der Waals surface area contributed by atoms with E-state index in [9.17, 15) is 14.4 Å². The van der Waals surface area contributed by atoms with Crippen LogP contribution in [0.1, 0.15) is 33.0 Å². The van der Waals surface area contributed by atoms with Gasteiger partial charge in [-0.25, -0.2) is 9.18 Å². The van der Waals surface area contributed by atoms with Crippen LogP contribution in [0.4, 0.5) is 14.9 Å². The zero-order valence-corrected chi connectivity index (χ0v) is 16.8. The smallest absolute Gasteiger partial charge is 0.410 e. The fraction of sp³-hybridized carbons (Fsp3) is 0.421. The van der Waals surface area contributed by atoms with Crippen molar-refractivity contribution in [3.8, 4) is 11.8 Å². The second-order valence-corrected chi connectivity index (χ2v) is 7.62. The first-order valence-corrected chi connectivity index (χ1v) is 9.30. The number of H-pyrrole nitrogens is 1. The number of nitriles is 1. The van der Waals surface area contributed by atoms with Crippen LogP contribution in [0.2, 0.25) is 0 Å². The summed E-state index contributed by atoms with van der Waals surface area (Å²) in [6.45, 7) is 6.12. The van der Waals surface area contributed by atoms with Crippen LogP contribution in [0.15, 0.2) is 24.4 Å². The molecule has 1 saturated heterocycles. The van der Waals surface area contributed by atoms with E-state index in [0.29, 0.717) is 18.7 Å². The third-order valence-electron chi connectivity index (χ3n) is 4.13. The molecule has 158 valence electrons. The van der Waals surface area contributed by atoms with Crippen LogP contribution in [0.25, 0.3) is 5.57 Å². The Morgan fingerprint density at radius 1 is 1.47 bits per heavy atom. The summed E-state index contributed by atoms with van der Waals surface area (Å²) >= 11 is 0. The predicted octanol–water partition coefficient (Wildman–Crippen LogP) is 2.70. The molecule has 1 atom stereocenters. The summed E-state index contributed by atoms with van der Waals surface area (Å²) in [4.78, 5) is 13.8. The van der Waals surface area contributed by atoms with Crippen molar-refractivity contribution < 1.29 is 18.7 Å². The summed E-state index contributed by atoms with van der Waals surface area (Å²) in [5.74, 6) is -0.468. The molecular weight excluding hydrogens is 393 g/mol. The van der Waals surface area contributed by atoms with Crippen molar-refractivity contribution >= 4 is 17.4 Å². The maximum Gasteiger partial charge on any atom is 0.410 e. The number of hydrogen-bond acceptors (Lipinski definition) is 8. The van der Waals surface area contributed by atoms with Gasteiger partial charge in [0.15, 0.2) is 11.6 Å². The topological polar surface area (TPSA) is 129 Å². The molecule has 3 rings (SSSR count). The van der Waals surface area contributed by atoms with Gasteiger partial charge < -0.3 is 19.7 Å². The van der Waals surface area contributed by atoms with Crippen LogP contribution in [-0.2, 0) is 4.74 Å². The Morgan fingerprint density at radius 2 is 2.27 bits per heavy atom. The number of rotatable bonds is 5. The van der Waals surface area contributed by atoms with Crippen molar-refractivity contribution in [3.05, 3.63) is 36.0 Å². The van der Waals surface area contributed by atoms with Gasteiger partial charge in [0.1, 0.15) is 23.3 Å². The van der Waals surface area contributed by atoms with Gasteiger partial charge in [0, 0.05) is 19.2 Å². The number of hydrogen-bond donors (Lipinski definition) is 2. The minimum Gasteiger partial charge on any atom is -0.483 e. The number of aromatic amines is 1. The molecule has 2 N–H and O–H groups in total. The van der Waals surface area contributed by atoms with Crippen molar-refractivity contribution in [3.63, 3.8) is 0 Å². The van der Waals surface area contributed by atoms with E-state index in [0.717, 1.165) is 0 Å². The van der Waals surface area contributed by atoms with Crippen LogP contribution < -0.4 is 10.1 Å². The molecule has 11 heteroatoms. The lowest BCUT2D eigenvalue weighted by atomic mass is 10.2. The second-order valence-electron chi connectivity index (χ2n) is 7.62. The highest BCUT2D eigenvalue weighted by Crippen LogP contribution is 2.31. The number of halogens is 1. The molecular formula is C19H22FN7O3. The SMILES string of the molecule is CC(C)(C)OC(=O)N1CCC(Oc2c(F)cccc2NC=C(C#N)c2nn[nH]n2)C1. The lowest BCUT2D eigenvalue weighted by Gasteiger charge is -2.24. The molecule has 0 saturated carbocycles. The maximum absolute atomic E-state index is 14.5. The molecule has 0 spiro atoms. The molecule has 1 fully saturated rings. The van der Waals surface area contributed by atoms with Gasteiger partial charge in [-0.15, -0.1) is 10.2 Å². The van der Waals surface area contributed by atoms with Gasteiger partial charge in [-0.1, -0.05) is 6.07 Å². The molecule has 10 nitrogen and oxygen atoms in total. The molecule has 1 aromatic carbocycles. The number of benzene rings is 1. The number of tetrazole rings is 1. The largest absolute Gasteiger partial charge is 0.483 e. The van der Waals surface area contributed by atoms with E-state index >= 15 is 0 Å². The maximum atomic E-state index is 14.5. The highest BCUT2D eigenvalue weighted by Gasteiger charge is 2.31. The third kappa shape index (κ3) is 5.22. The Morgan fingerprint density at radius 3 is 2.93 bits per heavy atom. The van der Waals surface area contributed by atoms with Crippen molar-refractivity contribution in [2.24, 2.45) is 0 Å². The van der Waals surface area contributed by atoms with E-state index in [2.05, 4.69) is 25.9 Å². The van der Waals surface area contributed by atoms with E-state index in [1.807, 2.05) is 6.07 Å². The average Bonchev–Trinajstić information content (AvgIpc) is 3.35. The number of carbonyl (C=O) groups excluding carboxylic acids is 1. The molecule has 1 aliphatic rings. The number of nitrogens with one attached hydrogen (secondary N) is 2. The van der Waals surface area contributed by atoms with Crippen LogP contribution in [-0.4, -0.2) is 56.4 Å². The summed E-state index contributed by atoms with van der Waals surface area (Å²) < 4.78 is 25.7. The Labute approximate surface area is 172 Å². The molecule has 0 bridgehead atoms. The van der Waals surface area contributed by atoms with Gasteiger partial charge >= 0.3 is 6.09 Å². The minimum absolute atomic E-state index is 0.00445. The molecule has 0 aliphatic carbocycles. The van der Waals surface area contributed by atoms with Gasteiger partial charge in [-0.05, 0) is 38.1 Å². The fourth-order valence-corrected chi connectivity index (χ4v) is 2.80. The molecule has 1 amide bonds. The van der Waals surface area contributed by atoms with Gasteiger partial charge in [-0.2, -0.15) is 10.5 Å². The van der Waals surface area contributed by atoms with Crippen molar-refractivity contribution in [2.45, 2.75) is 38.9 Å². The molecule has 1 unspecified atom stereocenters. The summed E-state index contributed by atoms with van der Waals surface area (Å²) in [6.07, 6.45) is 1.05. The van der Waals surface area contributed by atoms with Gasteiger partial charge in [0.2, 0.25) is 5.82 Å². The zero-order valence-electron chi connectivity index (χ0n) is 16.8. The summed E-state index contributed by atoms with van der Waals surface area (Å²) in [5, 5.41) is 25.3. The highest BCUT2D eigenvalue weighted by molar-refractivity contribution is 5.75.